The van der Waals surface area contributed by atoms with Crippen molar-refractivity contribution in [1.82, 2.24) is 10.2 Å². The zero-order valence-corrected chi connectivity index (χ0v) is 16.8. The molecule has 0 bridgehead atoms. The Kier molecular flexibility index (Phi) is 4.42. The SMILES string of the molecule is CC(C)C1C2C3CCCCC3NC2N(C(C)(C)C)C1C(C)(C)C. The Morgan fingerprint density at radius 1 is 0.957 bits per heavy atom. The molecule has 6 unspecified atom stereocenters. The minimum Gasteiger partial charge on any atom is -0.298 e. The molecule has 23 heavy (non-hydrogen) atoms. The predicted molar refractivity (Wildman–Crippen MR) is 99.3 cm³/mol. The molecule has 1 saturated carbocycles. The van der Waals surface area contributed by atoms with Crippen LogP contribution in [0.25, 0.3) is 0 Å². The van der Waals surface area contributed by atoms with E-state index in [0.717, 1.165) is 29.7 Å². The standard InChI is InChI=1S/C21H40N2/c1-13(2)16-17-14-11-9-10-12-15(14)22-19(17)23(21(6,7)8)18(16)20(3,4)5/h13-19,22H,9-12H2,1-8H3. The lowest BCUT2D eigenvalue weighted by molar-refractivity contribution is -0.00475. The summed E-state index contributed by atoms with van der Waals surface area (Å²) in [6.45, 7) is 19.6. The molecule has 2 saturated heterocycles. The van der Waals surface area contributed by atoms with Crippen LogP contribution in [0.3, 0.4) is 0 Å². The topological polar surface area (TPSA) is 15.3 Å². The monoisotopic (exact) mass is 320 g/mol. The fourth-order valence-corrected chi connectivity index (χ4v) is 6.36. The Morgan fingerprint density at radius 3 is 2.09 bits per heavy atom. The fraction of sp³-hybridized carbons (Fsp3) is 1.00. The van der Waals surface area contributed by atoms with Crippen LogP contribution in [0.4, 0.5) is 0 Å². The van der Waals surface area contributed by atoms with Crippen LogP contribution in [0.2, 0.25) is 0 Å². The highest BCUT2D eigenvalue weighted by molar-refractivity contribution is 5.14. The van der Waals surface area contributed by atoms with Crippen LogP contribution in [0.5, 0.6) is 0 Å². The average molecular weight is 321 g/mol. The number of rotatable bonds is 1. The van der Waals surface area contributed by atoms with Crippen LogP contribution >= 0.6 is 0 Å². The minimum absolute atomic E-state index is 0.227. The van der Waals surface area contributed by atoms with Crippen molar-refractivity contribution in [3.63, 3.8) is 0 Å². The molecule has 2 heteroatoms. The molecule has 2 nitrogen and oxygen atoms in total. The van der Waals surface area contributed by atoms with Crippen LogP contribution in [0.1, 0.15) is 81.1 Å². The molecule has 0 aromatic rings. The second kappa shape index (κ2) is 5.73. The van der Waals surface area contributed by atoms with Crippen molar-refractivity contribution in [1.29, 1.82) is 0 Å². The molecule has 134 valence electrons. The lowest BCUT2D eigenvalue weighted by Crippen LogP contribution is -2.58. The van der Waals surface area contributed by atoms with Crippen LogP contribution < -0.4 is 5.32 Å². The first-order valence-electron chi connectivity index (χ1n) is 10.1. The first-order valence-corrected chi connectivity index (χ1v) is 10.1. The van der Waals surface area contributed by atoms with Crippen molar-refractivity contribution in [2.45, 2.75) is 105 Å². The maximum atomic E-state index is 4.12. The molecule has 0 aromatic heterocycles. The van der Waals surface area contributed by atoms with E-state index >= 15 is 0 Å². The third-order valence-corrected chi connectivity index (χ3v) is 6.90. The number of nitrogens with zero attached hydrogens (tertiary/aromatic N) is 1. The van der Waals surface area contributed by atoms with Crippen LogP contribution in [0.15, 0.2) is 0 Å². The Balaban J connectivity index is 2.04. The van der Waals surface area contributed by atoms with Crippen LogP contribution in [-0.2, 0) is 0 Å². The van der Waals surface area contributed by atoms with Crippen molar-refractivity contribution in [3.8, 4) is 0 Å². The number of fused-ring (bicyclic) bond motifs is 3. The van der Waals surface area contributed by atoms with E-state index in [9.17, 15) is 0 Å². The zero-order valence-electron chi connectivity index (χ0n) is 16.8. The van der Waals surface area contributed by atoms with E-state index in [4.69, 9.17) is 0 Å². The highest BCUT2D eigenvalue weighted by Crippen LogP contribution is 2.56. The molecule has 0 spiro atoms. The quantitative estimate of drug-likeness (QED) is 0.740. The van der Waals surface area contributed by atoms with Gasteiger partial charge in [0, 0.05) is 17.6 Å². The van der Waals surface area contributed by atoms with Crippen LogP contribution in [-0.4, -0.2) is 28.7 Å². The summed E-state index contributed by atoms with van der Waals surface area (Å²) < 4.78 is 0. The average Bonchev–Trinajstić information content (AvgIpc) is 2.89. The lowest BCUT2D eigenvalue weighted by atomic mass is 9.66. The van der Waals surface area contributed by atoms with Gasteiger partial charge in [0.25, 0.3) is 0 Å². The summed E-state index contributed by atoms with van der Waals surface area (Å²) in [6.07, 6.45) is 6.34. The normalized spacial score (nSPS) is 42.1. The van der Waals surface area contributed by atoms with Gasteiger partial charge in [-0.1, -0.05) is 47.5 Å². The smallest absolute Gasteiger partial charge is 0.0642 e. The van der Waals surface area contributed by atoms with Gasteiger partial charge in [-0.05, 0) is 62.7 Å². The number of nitrogens with one attached hydrogen (secondary N) is 1. The van der Waals surface area contributed by atoms with Gasteiger partial charge < -0.3 is 0 Å². The van der Waals surface area contributed by atoms with E-state index in [1.165, 1.54) is 25.7 Å². The summed E-state index contributed by atoms with van der Waals surface area (Å²) in [5.41, 5.74) is 0.559. The first-order chi connectivity index (χ1) is 10.5. The third-order valence-electron chi connectivity index (χ3n) is 6.90. The van der Waals surface area contributed by atoms with Crippen molar-refractivity contribution in [3.05, 3.63) is 0 Å². The maximum absolute atomic E-state index is 4.12. The molecule has 6 atom stereocenters. The molecular weight excluding hydrogens is 280 g/mol. The van der Waals surface area contributed by atoms with Gasteiger partial charge in [-0.3, -0.25) is 10.2 Å². The summed E-state index contributed by atoms with van der Waals surface area (Å²) in [6, 6.07) is 1.46. The van der Waals surface area contributed by atoms with Gasteiger partial charge in [-0.2, -0.15) is 0 Å². The molecular formula is C21H40N2. The highest BCUT2D eigenvalue weighted by Gasteiger charge is 2.62. The third kappa shape index (κ3) is 2.88. The second-order valence-corrected chi connectivity index (χ2v) is 11.0. The van der Waals surface area contributed by atoms with Crippen molar-refractivity contribution >= 4 is 0 Å². The molecule has 1 aliphatic carbocycles. The summed E-state index contributed by atoms with van der Waals surface area (Å²) in [5.74, 6) is 3.35. The van der Waals surface area contributed by atoms with Gasteiger partial charge >= 0.3 is 0 Å². The molecule has 0 aromatic carbocycles. The van der Waals surface area contributed by atoms with Crippen molar-refractivity contribution in [2.24, 2.45) is 29.1 Å². The summed E-state index contributed by atoms with van der Waals surface area (Å²) >= 11 is 0. The van der Waals surface area contributed by atoms with Gasteiger partial charge in [0.2, 0.25) is 0 Å². The largest absolute Gasteiger partial charge is 0.298 e. The number of hydrogen-bond donors (Lipinski definition) is 1. The van der Waals surface area contributed by atoms with Crippen LogP contribution in [0, 0.1) is 29.1 Å². The Bertz CT molecular complexity index is 428. The Morgan fingerprint density at radius 2 is 1.57 bits per heavy atom. The van der Waals surface area contributed by atoms with Gasteiger partial charge in [0.05, 0.1) is 6.17 Å². The highest BCUT2D eigenvalue weighted by atomic mass is 15.4. The summed E-state index contributed by atoms with van der Waals surface area (Å²) in [4.78, 5) is 2.89. The molecule has 2 heterocycles. The Labute approximate surface area is 144 Å². The Hall–Kier alpha value is -0.0800. The lowest BCUT2D eigenvalue weighted by Gasteiger charge is -2.48. The van der Waals surface area contributed by atoms with E-state index in [0.29, 0.717) is 17.6 Å². The first kappa shape index (κ1) is 17.7. The van der Waals surface area contributed by atoms with E-state index in [1.54, 1.807) is 0 Å². The summed E-state index contributed by atoms with van der Waals surface area (Å²) in [5, 5.41) is 4.12. The predicted octanol–water partition coefficient (Wildman–Crippen LogP) is 4.89. The fourth-order valence-electron chi connectivity index (χ4n) is 6.36. The zero-order chi connectivity index (χ0) is 17.2. The molecule has 3 rings (SSSR count). The van der Waals surface area contributed by atoms with E-state index < -0.39 is 0 Å². The van der Waals surface area contributed by atoms with E-state index in [2.05, 4.69) is 65.6 Å². The van der Waals surface area contributed by atoms with Gasteiger partial charge in [-0.25, -0.2) is 0 Å². The molecule has 3 aliphatic rings. The number of hydrogen-bond acceptors (Lipinski definition) is 2. The van der Waals surface area contributed by atoms with Crippen molar-refractivity contribution < 1.29 is 0 Å². The molecule has 3 fully saturated rings. The molecule has 1 N–H and O–H groups in total. The van der Waals surface area contributed by atoms with Crippen molar-refractivity contribution in [2.75, 3.05) is 0 Å². The van der Waals surface area contributed by atoms with E-state index in [1.807, 2.05) is 0 Å². The minimum atomic E-state index is 0.227. The van der Waals surface area contributed by atoms with Gasteiger partial charge in [-0.15, -0.1) is 0 Å². The van der Waals surface area contributed by atoms with E-state index in [-0.39, 0.29) is 5.54 Å². The van der Waals surface area contributed by atoms with Gasteiger partial charge in [0.15, 0.2) is 0 Å². The number of likely N-dealkylation sites (tertiary alicyclic amines) is 1. The summed E-state index contributed by atoms with van der Waals surface area (Å²) in [7, 11) is 0. The second-order valence-electron chi connectivity index (χ2n) is 11.0. The molecule has 0 amide bonds. The molecule has 2 aliphatic heterocycles. The maximum Gasteiger partial charge on any atom is 0.0642 e. The van der Waals surface area contributed by atoms with Gasteiger partial charge in [0.1, 0.15) is 0 Å². The molecule has 0 radical (unpaired) electrons.